The molecule has 1 saturated heterocycles. The van der Waals surface area contributed by atoms with Gasteiger partial charge in [0.15, 0.2) is 5.11 Å². The van der Waals surface area contributed by atoms with Crippen LogP contribution in [0.1, 0.15) is 24.0 Å². The minimum absolute atomic E-state index is 0.0561. The van der Waals surface area contributed by atoms with E-state index in [1.165, 1.54) is 12.1 Å². The van der Waals surface area contributed by atoms with Gasteiger partial charge in [0.05, 0.1) is 11.9 Å². The zero-order valence-corrected chi connectivity index (χ0v) is 19.1. The SMILES string of the molecule is CN(Cc1ccccc1OC(F)(F)F)C1CCN(c2cc(F)c(C=NNC(N)=S)cc2F)CC1. The molecule has 2 aromatic carbocycles. The van der Waals surface area contributed by atoms with Crippen LogP contribution in [-0.4, -0.2) is 48.8 Å². The van der Waals surface area contributed by atoms with Crippen molar-refractivity contribution in [2.24, 2.45) is 10.8 Å². The molecule has 0 radical (unpaired) electrons. The van der Waals surface area contributed by atoms with E-state index in [0.717, 1.165) is 18.3 Å². The summed E-state index contributed by atoms with van der Waals surface area (Å²) in [5, 5.41) is 3.54. The number of hydrogen-bond acceptors (Lipinski definition) is 5. The molecule has 0 aliphatic carbocycles. The van der Waals surface area contributed by atoms with Crippen molar-refractivity contribution in [2.75, 3.05) is 25.0 Å². The number of nitrogens with zero attached hydrogens (tertiary/aromatic N) is 3. The van der Waals surface area contributed by atoms with Crippen molar-refractivity contribution in [3.8, 4) is 5.75 Å². The molecular weight excluding hydrogens is 477 g/mol. The van der Waals surface area contributed by atoms with Gasteiger partial charge in [-0.05, 0) is 44.2 Å². The summed E-state index contributed by atoms with van der Waals surface area (Å²) in [6, 6.07) is 8.23. The summed E-state index contributed by atoms with van der Waals surface area (Å²) in [5.41, 5.74) is 8.01. The Labute approximate surface area is 199 Å². The van der Waals surface area contributed by atoms with E-state index in [-0.39, 0.29) is 34.7 Å². The monoisotopic (exact) mass is 501 g/mol. The first-order chi connectivity index (χ1) is 16.0. The second kappa shape index (κ2) is 11.0. The Morgan fingerprint density at radius 3 is 2.56 bits per heavy atom. The summed E-state index contributed by atoms with van der Waals surface area (Å²) in [5.74, 6) is -1.47. The number of para-hydroxylation sites is 1. The number of halogens is 5. The topological polar surface area (TPSA) is 66.1 Å². The molecule has 6 nitrogen and oxygen atoms in total. The first-order valence-corrected chi connectivity index (χ1v) is 10.8. The molecule has 2 aromatic rings. The minimum Gasteiger partial charge on any atom is -0.405 e. The lowest BCUT2D eigenvalue weighted by atomic mass is 10.0. The highest BCUT2D eigenvalue weighted by molar-refractivity contribution is 7.80. The quantitative estimate of drug-likeness (QED) is 0.258. The Bertz CT molecular complexity index is 1040. The van der Waals surface area contributed by atoms with E-state index in [0.29, 0.717) is 31.5 Å². The number of nitrogens with one attached hydrogen (secondary N) is 1. The Balaban J connectivity index is 1.62. The van der Waals surface area contributed by atoms with Crippen LogP contribution in [0, 0.1) is 11.6 Å². The van der Waals surface area contributed by atoms with Gasteiger partial charge < -0.3 is 15.4 Å². The van der Waals surface area contributed by atoms with Gasteiger partial charge in [0.2, 0.25) is 0 Å². The van der Waals surface area contributed by atoms with E-state index in [9.17, 15) is 22.0 Å². The van der Waals surface area contributed by atoms with Gasteiger partial charge >= 0.3 is 6.36 Å². The highest BCUT2D eigenvalue weighted by Crippen LogP contribution is 2.30. The molecular formula is C22H24F5N5OS. The van der Waals surface area contributed by atoms with Crippen molar-refractivity contribution in [3.63, 3.8) is 0 Å². The molecule has 34 heavy (non-hydrogen) atoms. The number of hydrazone groups is 1. The molecule has 3 N–H and O–H groups in total. The number of ether oxygens (including phenoxy) is 1. The van der Waals surface area contributed by atoms with Crippen molar-refractivity contribution in [1.82, 2.24) is 10.3 Å². The van der Waals surface area contributed by atoms with Crippen LogP contribution >= 0.6 is 12.2 Å². The zero-order chi connectivity index (χ0) is 24.9. The molecule has 0 atom stereocenters. The third kappa shape index (κ3) is 7.00. The van der Waals surface area contributed by atoms with Gasteiger partial charge in [0.1, 0.15) is 17.4 Å². The molecule has 0 spiro atoms. The van der Waals surface area contributed by atoms with Crippen LogP contribution in [0.2, 0.25) is 0 Å². The van der Waals surface area contributed by atoms with Gasteiger partial charge in [0.25, 0.3) is 0 Å². The average Bonchev–Trinajstić information content (AvgIpc) is 2.76. The Morgan fingerprint density at radius 2 is 1.91 bits per heavy atom. The van der Waals surface area contributed by atoms with Gasteiger partial charge in [-0.25, -0.2) is 8.78 Å². The van der Waals surface area contributed by atoms with Crippen molar-refractivity contribution < 1.29 is 26.7 Å². The molecule has 0 saturated carbocycles. The smallest absolute Gasteiger partial charge is 0.405 e. The molecule has 1 heterocycles. The first-order valence-electron chi connectivity index (χ1n) is 10.4. The van der Waals surface area contributed by atoms with Gasteiger partial charge in [-0.15, -0.1) is 13.2 Å². The normalized spacial score (nSPS) is 15.2. The third-order valence-electron chi connectivity index (χ3n) is 5.49. The molecule has 12 heteroatoms. The van der Waals surface area contributed by atoms with Crippen LogP contribution in [0.3, 0.4) is 0 Å². The van der Waals surface area contributed by atoms with Crippen molar-refractivity contribution >= 4 is 29.2 Å². The molecule has 0 unspecified atom stereocenters. The van der Waals surface area contributed by atoms with E-state index in [2.05, 4.69) is 27.5 Å². The number of benzene rings is 2. The van der Waals surface area contributed by atoms with Crippen molar-refractivity contribution in [2.45, 2.75) is 31.8 Å². The summed E-state index contributed by atoms with van der Waals surface area (Å²) >= 11 is 4.59. The molecule has 1 aliphatic rings. The van der Waals surface area contributed by atoms with Crippen molar-refractivity contribution in [3.05, 3.63) is 59.2 Å². The van der Waals surface area contributed by atoms with Crippen LogP contribution in [0.25, 0.3) is 0 Å². The second-order valence-corrected chi connectivity index (χ2v) is 8.29. The molecule has 1 aliphatic heterocycles. The van der Waals surface area contributed by atoms with E-state index in [1.54, 1.807) is 17.0 Å². The second-order valence-electron chi connectivity index (χ2n) is 7.85. The number of alkyl halides is 3. The van der Waals surface area contributed by atoms with Crippen molar-refractivity contribution in [1.29, 1.82) is 0 Å². The average molecular weight is 502 g/mol. The Hall–Kier alpha value is -2.99. The molecule has 3 rings (SSSR count). The fraction of sp³-hybridized carbons (Fsp3) is 0.364. The highest BCUT2D eigenvalue weighted by Gasteiger charge is 2.32. The van der Waals surface area contributed by atoms with Crippen LogP contribution < -0.4 is 20.8 Å². The predicted molar refractivity (Wildman–Crippen MR) is 124 cm³/mol. The predicted octanol–water partition coefficient (Wildman–Crippen LogP) is 4.13. The first kappa shape index (κ1) is 25.6. The van der Waals surface area contributed by atoms with Gasteiger partial charge in [-0.2, -0.15) is 5.10 Å². The molecule has 184 valence electrons. The van der Waals surface area contributed by atoms with Crippen LogP contribution in [0.15, 0.2) is 41.5 Å². The number of rotatable bonds is 7. The number of thiocarbonyl (C=S) groups is 1. The number of hydrogen-bond donors (Lipinski definition) is 2. The van der Waals surface area contributed by atoms with E-state index in [1.807, 2.05) is 11.9 Å². The largest absolute Gasteiger partial charge is 0.573 e. The Kier molecular flexibility index (Phi) is 8.26. The van der Waals surface area contributed by atoms with Crippen LogP contribution in [0.4, 0.5) is 27.6 Å². The fourth-order valence-corrected chi connectivity index (χ4v) is 3.92. The maximum atomic E-state index is 14.7. The summed E-state index contributed by atoms with van der Waals surface area (Å²) in [6.45, 7) is 1.18. The summed E-state index contributed by atoms with van der Waals surface area (Å²) < 4.78 is 71.3. The maximum absolute atomic E-state index is 14.7. The lowest BCUT2D eigenvalue weighted by molar-refractivity contribution is -0.275. The zero-order valence-electron chi connectivity index (χ0n) is 18.3. The standard InChI is InChI=1S/C22H24F5N5OS/c1-31(13-14-4-2-3-5-20(14)33-22(25,26)27)16-6-8-32(9-7-16)19-11-17(23)15(10-18(19)24)12-29-30-21(28)34/h2-5,10-12,16H,6-9,13H2,1H3,(H3,28,30,34). The summed E-state index contributed by atoms with van der Waals surface area (Å²) in [4.78, 5) is 3.69. The fourth-order valence-electron chi connectivity index (χ4n) is 3.86. The van der Waals surface area contributed by atoms with E-state index in [4.69, 9.17) is 5.73 Å². The van der Waals surface area contributed by atoms with E-state index >= 15 is 0 Å². The maximum Gasteiger partial charge on any atom is 0.573 e. The molecule has 0 bridgehead atoms. The van der Waals surface area contributed by atoms with Gasteiger partial charge in [-0.3, -0.25) is 10.3 Å². The van der Waals surface area contributed by atoms with Crippen LogP contribution in [-0.2, 0) is 6.54 Å². The lowest BCUT2D eigenvalue weighted by Crippen LogP contribution is -2.43. The van der Waals surface area contributed by atoms with Crippen LogP contribution in [0.5, 0.6) is 5.75 Å². The third-order valence-corrected chi connectivity index (χ3v) is 5.58. The molecule has 0 aromatic heterocycles. The van der Waals surface area contributed by atoms with Gasteiger partial charge in [0, 0.05) is 42.9 Å². The number of piperidine rings is 1. The molecule has 1 fully saturated rings. The minimum atomic E-state index is -4.77. The lowest BCUT2D eigenvalue weighted by Gasteiger charge is -2.38. The summed E-state index contributed by atoms with van der Waals surface area (Å²) in [7, 11) is 1.82. The highest BCUT2D eigenvalue weighted by atomic mass is 32.1. The Morgan fingerprint density at radius 1 is 1.24 bits per heavy atom. The van der Waals surface area contributed by atoms with E-state index < -0.39 is 18.0 Å². The summed E-state index contributed by atoms with van der Waals surface area (Å²) in [6.07, 6.45) is -2.43. The molecule has 0 amide bonds. The number of nitrogens with two attached hydrogens (primary N) is 1. The number of anilines is 1. The van der Waals surface area contributed by atoms with Gasteiger partial charge in [-0.1, -0.05) is 18.2 Å².